The van der Waals surface area contributed by atoms with E-state index in [0.29, 0.717) is 12.1 Å². The van der Waals surface area contributed by atoms with Crippen LogP contribution in [0, 0.1) is 0 Å². The first-order valence-corrected chi connectivity index (χ1v) is 6.23. The Morgan fingerprint density at radius 2 is 2.24 bits per heavy atom. The molecule has 1 aromatic heterocycles. The van der Waals surface area contributed by atoms with E-state index < -0.39 is 0 Å². The molecule has 5 heteroatoms. The van der Waals surface area contributed by atoms with E-state index in [1.807, 2.05) is 13.1 Å². The van der Waals surface area contributed by atoms with Crippen molar-refractivity contribution in [1.82, 2.24) is 15.3 Å². The van der Waals surface area contributed by atoms with Gasteiger partial charge in [-0.1, -0.05) is 6.92 Å². The van der Waals surface area contributed by atoms with Crippen LogP contribution < -0.4 is 15.5 Å². The molecule has 2 rings (SSSR count). The number of hydrogen-bond donors (Lipinski definition) is 2. The quantitative estimate of drug-likeness (QED) is 0.800. The minimum atomic E-state index is 0.444. The maximum absolute atomic E-state index is 4.31. The Labute approximate surface area is 103 Å². The van der Waals surface area contributed by atoms with Crippen LogP contribution >= 0.6 is 0 Å². The molecule has 1 fully saturated rings. The van der Waals surface area contributed by atoms with Gasteiger partial charge in [0, 0.05) is 31.2 Å². The maximum atomic E-state index is 4.31. The molecule has 1 aliphatic rings. The molecule has 0 unspecified atom stereocenters. The van der Waals surface area contributed by atoms with Crippen LogP contribution in [0.25, 0.3) is 0 Å². The number of nitrogens with one attached hydrogen (secondary N) is 2. The van der Waals surface area contributed by atoms with Gasteiger partial charge in [-0.15, -0.1) is 0 Å². The lowest BCUT2D eigenvalue weighted by atomic mass is 10.1. The van der Waals surface area contributed by atoms with E-state index in [1.165, 1.54) is 0 Å². The zero-order valence-corrected chi connectivity index (χ0v) is 10.8. The van der Waals surface area contributed by atoms with Crippen LogP contribution in [0.2, 0.25) is 0 Å². The third kappa shape index (κ3) is 2.85. The van der Waals surface area contributed by atoms with Crippen molar-refractivity contribution in [3.05, 3.63) is 12.4 Å². The molecule has 17 heavy (non-hydrogen) atoms. The molecule has 1 aliphatic heterocycles. The molecular weight excluding hydrogens is 214 g/mol. The van der Waals surface area contributed by atoms with E-state index in [-0.39, 0.29) is 0 Å². The third-order valence-corrected chi connectivity index (χ3v) is 3.27. The second-order valence-electron chi connectivity index (χ2n) is 4.61. The van der Waals surface area contributed by atoms with Crippen molar-refractivity contribution in [2.75, 3.05) is 30.4 Å². The van der Waals surface area contributed by atoms with Gasteiger partial charge in [-0.05, 0) is 20.4 Å². The third-order valence-electron chi connectivity index (χ3n) is 3.27. The highest BCUT2D eigenvalue weighted by molar-refractivity contribution is 5.50. The van der Waals surface area contributed by atoms with Gasteiger partial charge in [-0.25, -0.2) is 9.97 Å². The normalized spacial score (nSPS) is 17.7. The summed E-state index contributed by atoms with van der Waals surface area (Å²) in [5.74, 6) is 1.93. The molecule has 2 heterocycles. The Kier molecular flexibility index (Phi) is 3.78. The summed E-state index contributed by atoms with van der Waals surface area (Å²) in [6, 6.07) is 3.06. The fourth-order valence-corrected chi connectivity index (χ4v) is 1.80. The fourth-order valence-electron chi connectivity index (χ4n) is 1.80. The fraction of sp³-hybridized carbons (Fsp3) is 0.667. The molecule has 5 nitrogen and oxygen atoms in total. The predicted octanol–water partition coefficient (Wildman–Crippen LogP) is 1.09. The van der Waals surface area contributed by atoms with Crippen molar-refractivity contribution < 1.29 is 0 Å². The number of rotatable bonds is 5. The first-order valence-electron chi connectivity index (χ1n) is 6.23. The lowest BCUT2D eigenvalue weighted by Gasteiger charge is -2.39. The number of nitrogens with zero attached hydrogens (tertiary/aromatic N) is 3. The SMILES string of the molecule is CC[C@@H](C)Nc1cc(N2CC(NC)C2)ncn1. The van der Waals surface area contributed by atoms with Gasteiger partial charge in [0.05, 0.1) is 0 Å². The Bertz CT molecular complexity index is 362. The Hall–Kier alpha value is -1.36. The summed E-state index contributed by atoms with van der Waals surface area (Å²) in [4.78, 5) is 10.8. The van der Waals surface area contributed by atoms with Gasteiger partial charge in [0.2, 0.25) is 0 Å². The molecule has 0 saturated carbocycles. The highest BCUT2D eigenvalue weighted by Crippen LogP contribution is 2.20. The molecule has 1 aromatic rings. The maximum Gasteiger partial charge on any atom is 0.134 e. The van der Waals surface area contributed by atoms with Crippen LogP contribution in [0.5, 0.6) is 0 Å². The van der Waals surface area contributed by atoms with Gasteiger partial charge in [0.15, 0.2) is 0 Å². The summed E-state index contributed by atoms with van der Waals surface area (Å²) < 4.78 is 0. The molecule has 0 amide bonds. The van der Waals surface area contributed by atoms with E-state index in [4.69, 9.17) is 0 Å². The van der Waals surface area contributed by atoms with Crippen LogP contribution in [-0.2, 0) is 0 Å². The van der Waals surface area contributed by atoms with Crippen LogP contribution in [0.1, 0.15) is 20.3 Å². The molecule has 1 saturated heterocycles. The van der Waals surface area contributed by atoms with Crippen molar-refractivity contribution in [2.45, 2.75) is 32.4 Å². The van der Waals surface area contributed by atoms with E-state index in [2.05, 4.69) is 39.3 Å². The topological polar surface area (TPSA) is 53.1 Å². The molecular formula is C12H21N5. The first-order chi connectivity index (χ1) is 8.22. The van der Waals surface area contributed by atoms with E-state index >= 15 is 0 Å². The summed E-state index contributed by atoms with van der Waals surface area (Å²) in [7, 11) is 2.00. The van der Waals surface area contributed by atoms with Crippen molar-refractivity contribution in [1.29, 1.82) is 0 Å². The molecule has 0 radical (unpaired) electrons. The van der Waals surface area contributed by atoms with Gasteiger partial charge in [-0.3, -0.25) is 0 Å². The Morgan fingerprint density at radius 1 is 1.47 bits per heavy atom. The van der Waals surface area contributed by atoms with Gasteiger partial charge < -0.3 is 15.5 Å². The van der Waals surface area contributed by atoms with Crippen LogP contribution in [0.3, 0.4) is 0 Å². The van der Waals surface area contributed by atoms with Crippen LogP contribution in [0.15, 0.2) is 12.4 Å². The van der Waals surface area contributed by atoms with E-state index in [0.717, 1.165) is 31.1 Å². The molecule has 0 bridgehead atoms. The zero-order valence-electron chi connectivity index (χ0n) is 10.8. The molecule has 94 valence electrons. The van der Waals surface area contributed by atoms with Gasteiger partial charge in [0.1, 0.15) is 18.0 Å². The minimum absolute atomic E-state index is 0.444. The highest BCUT2D eigenvalue weighted by atomic mass is 15.3. The molecule has 1 atom stereocenters. The van der Waals surface area contributed by atoms with Gasteiger partial charge in [-0.2, -0.15) is 0 Å². The van der Waals surface area contributed by atoms with E-state index in [1.54, 1.807) is 6.33 Å². The Morgan fingerprint density at radius 3 is 2.88 bits per heavy atom. The summed E-state index contributed by atoms with van der Waals surface area (Å²) >= 11 is 0. The monoisotopic (exact) mass is 235 g/mol. The predicted molar refractivity (Wildman–Crippen MR) is 70.5 cm³/mol. The van der Waals surface area contributed by atoms with Crippen molar-refractivity contribution in [3.63, 3.8) is 0 Å². The summed E-state index contributed by atoms with van der Waals surface area (Å²) in [6.07, 6.45) is 2.72. The van der Waals surface area contributed by atoms with E-state index in [9.17, 15) is 0 Å². The van der Waals surface area contributed by atoms with Gasteiger partial charge >= 0.3 is 0 Å². The molecule has 0 aliphatic carbocycles. The van der Waals surface area contributed by atoms with Gasteiger partial charge in [0.25, 0.3) is 0 Å². The average Bonchev–Trinajstić information content (AvgIpc) is 2.28. The molecule has 0 spiro atoms. The smallest absolute Gasteiger partial charge is 0.134 e. The molecule has 2 N–H and O–H groups in total. The lowest BCUT2D eigenvalue weighted by molar-refractivity contribution is 0.447. The second-order valence-corrected chi connectivity index (χ2v) is 4.61. The zero-order chi connectivity index (χ0) is 12.3. The average molecular weight is 235 g/mol. The summed E-state index contributed by atoms with van der Waals surface area (Å²) in [6.45, 7) is 6.36. The second kappa shape index (κ2) is 5.31. The molecule has 0 aromatic carbocycles. The number of anilines is 2. The van der Waals surface area contributed by atoms with Crippen LogP contribution in [-0.4, -0.2) is 42.2 Å². The minimum Gasteiger partial charge on any atom is -0.367 e. The Balaban J connectivity index is 1.97. The standard InChI is InChI=1S/C12H21N5/c1-4-9(2)16-11-5-12(15-8-14-11)17-6-10(7-17)13-3/h5,8-10,13H,4,6-7H2,1-3H3,(H,14,15,16)/t9-/m1/s1. The number of hydrogen-bond acceptors (Lipinski definition) is 5. The highest BCUT2D eigenvalue weighted by Gasteiger charge is 2.26. The summed E-state index contributed by atoms with van der Waals surface area (Å²) in [5.41, 5.74) is 0. The number of likely N-dealkylation sites (N-methyl/N-ethyl adjacent to an activating group) is 1. The lowest BCUT2D eigenvalue weighted by Crippen LogP contribution is -2.57. The summed E-state index contributed by atoms with van der Waals surface area (Å²) in [5, 5.41) is 6.62. The largest absolute Gasteiger partial charge is 0.367 e. The van der Waals surface area contributed by atoms with Crippen LogP contribution in [0.4, 0.5) is 11.6 Å². The van der Waals surface area contributed by atoms with Crippen molar-refractivity contribution in [2.24, 2.45) is 0 Å². The van der Waals surface area contributed by atoms with Crippen molar-refractivity contribution in [3.8, 4) is 0 Å². The first kappa shape index (κ1) is 12.1. The van der Waals surface area contributed by atoms with Crippen molar-refractivity contribution >= 4 is 11.6 Å². The number of aromatic nitrogens is 2.